The maximum atomic E-state index is 11.8. The second-order valence-corrected chi connectivity index (χ2v) is 5.64. The molecule has 0 aromatic heterocycles. The van der Waals surface area contributed by atoms with Crippen LogP contribution in [0.3, 0.4) is 0 Å². The van der Waals surface area contributed by atoms with E-state index in [1.807, 2.05) is 13.8 Å². The molecular formula is C14H30N2O2. The minimum absolute atomic E-state index is 0.107. The van der Waals surface area contributed by atoms with Crippen LogP contribution in [0.25, 0.3) is 0 Å². The van der Waals surface area contributed by atoms with Gasteiger partial charge >= 0.3 is 0 Å². The standard InChI is InChI=1S/C14H30N2O2/c1-5-6-12(9-10-15)7-8-13(17)16-14(2,3)11-18-4/h12H,5-11,15H2,1-4H3,(H,16,17). The van der Waals surface area contributed by atoms with Crippen molar-refractivity contribution >= 4 is 5.91 Å². The molecule has 0 saturated heterocycles. The lowest BCUT2D eigenvalue weighted by Gasteiger charge is -2.25. The molecule has 4 nitrogen and oxygen atoms in total. The minimum Gasteiger partial charge on any atom is -0.382 e. The molecule has 1 unspecified atom stereocenters. The molecule has 0 aliphatic heterocycles. The van der Waals surface area contributed by atoms with Crippen LogP contribution in [0.15, 0.2) is 0 Å². The smallest absolute Gasteiger partial charge is 0.220 e. The third-order valence-electron chi connectivity index (χ3n) is 3.03. The lowest BCUT2D eigenvalue weighted by atomic mass is 9.94. The molecule has 1 atom stereocenters. The Bertz CT molecular complexity index is 224. The van der Waals surface area contributed by atoms with Gasteiger partial charge in [0.25, 0.3) is 0 Å². The van der Waals surface area contributed by atoms with Gasteiger partial charge in [-0.25, -0.2) is 0 Å². The fourth-order valence-electron chi connectivity index (χ4n) is 2.25. The first kappa shape index (κ1) is 17.4. The monoisotopic (exact) mass is 258 g/mol. The molecule has 0 aliphatic carbocycles. The minimum atomic E-state index is -0.292. The van der Waals surface area contributed by atoms with E-state index >= 15 is 0 Å². The number of carbonyl (C=O) groups is 1. The summed E-state index contributed by atoms with van der Waals surface area (Å²) in [4.78, 5) is 11.8. The number of hydrogen-bond donors (Lipinski definition) is 2. The number of nitrogens with one attached hydrogen (secondary N) is 1. The first-order chi connectivity index (χ1) is 8.45. The highest BCUT2D eigenvalue weighted by atomic mass is 16.5. The van der Waals surface area contributed by atoms with Gasteiger partial charge in [-0.05, 0) is 39.2 Å². The SMILES string of the molecule is CCCC(CCN)CCC(=O)NC(C)(C)COC. The van der Waals surface area contributed by atoms with Gasteiger partial charge in [-0.3, -0.25) is 4.79 Å². The molecule has 0 bridgehead atoms. The molecule has 1 amide bonds. The highest BCUT2D eigenvalue weighted by molar-refractivity contribution is 5.76. The van der Waals surface area contributed by atoms with E-state index in [0.29, 0.717) is 25.5 Å². The third kappa shape index (κ3) is 8.48. The van der Waals surface area contributed by atoms with E-state index in [4.69, 9.17) is 10.5 Å². The van der Waals surface area contributed by atoms with Crippen molar-refractivity contribution in [2.24, 2.45) is 11.7 Å². The van der Waals surface area contributed by atoms with Crippen molar-refractivity contribution in [3.05, 3.63) is 0 Å². The second kappa shape index (κ2) is 9.34. The average Bonchev–Trinajstić information content (AvgIpc) is 2.25. The molecule has 108 valence electrons. The van der Waals surface area contributed by atoms with Crippen molar-refractivity contribution in [2.75, 3.05) is 20.3 Å². The molecule has 0 heterocycles. The highest BCUT2D eigenvalue weighted by Crippen LogP contribution is 2.17. The average molecular weight is 258 g/mol. The van der Waals surface area contributed by atoms with Gasteiger partial charge in [-0.2, -0.15) is 0 Å². The zero-order chi connectivity index (χ0) is 14.0. The van der Waals surface area contributed by atoms with Crippen molar-refractivity contribution in [1.29, 1.82) is 0 Å². The van der Waals surface area contributed by atoms with Crippen molar-refractivity contribution in [2.45, 2.75) is 58.4 Å². The summed E-state index contributed by atoms with van der Waals surface area (Å²) in [5.41, 5.74) is 5.30. The predicted molar refractivity (Wildman–Crippen MR) is 75.4 cm³/mol. The Morgan fingerprint density at radius 3 is 2.50 bits per heavy atom. The van der Waals surface area contributed by atoms with Gasteiger partial charge in [0.05, 0.1) is 12.1 Å². The quantitative estimate of drug-likeness (QED) is 0.630. The number of ether oxygens (including phenoxy) is 1. The van der Waals surface area contributed by atoms with Gasteiger partial charge in [0, 0.05) is 13.5 Å². The fraction of sp³-hybridized carbons (Fsp3) is 0.929. The topological polar surface area (TPSA) is 64.4 Å². The van der Waals surface area contributed by atoms with Crippen LogP contribution >= 0.6 is 0 Å². The van der Waals surface area contributed by atoms with E-state index in [2.05, 4.69) is 12.2 Å². The lowest BCUT2D eigenvalue weighted by molar-refractivity contribution is -0.123. The molecule has 0 aromatic rings. The number of hydrogen-bond acceptors (Lipinski definition) is 3. The van der Waals surface area contributed by atoms with Gasteiger partial charge in [0.1, 0.15) is 0 Å². The lowest BCUT2D eigenvalue weighted by Crippen LogP contribution is -2.46. The number of nitrogens with two attached hydrogens (primary N) is 1. The molecular weight excluding hydrogens is 228 g/mol. The van der Waals surface area contributed by atoms with Crippen LogP contribution in [0.4, 0.5) is 0 Å². The Kier molecular flexibility index (Phi) is 9.02. The molecule has 0 saturated carbocycles. The molecule has 4 heteroatoms. The summed E-state index contributed by atoms with van der Waals surface area (Å²) in [5, 5.41) is 3.00. The van der Waals surface area contributed by atoms with Gasteiger partial charge in [0.15, 0.2) is 0 Å². The maximum absolute atomic E-state index is 11.8. The number of methoxy groups -OCH3 is 1. The molecule has 0 fully saturated rings. The van der Waals surface area contributed by atoms with Gasteiger partial charge < -0.3 is 15.8 Å². The molecule has 0 aromatic carbocycles. The van der Waals surface area contributed by atoms with Crippen LogP contribution in [0, 0.1) is 5.92 Å². The summed E-state index contributed by atoms with van der Waals surface area (Å²) in [6.07, 6.45) is 4.84. The van der Waals surface area contributed by atoms with Gasteiger partial charge in [0.2, 0.25) is 5.91 Å². The van der Waals surface area contributed by atoms with E-state index in [1.165, 1.54) is 0 Å². The van der Waals surface area contributed by atoms with Crippen LogP contribution in [-0.4, -0.2) is 31.7 Å². The van der Waals surface area contributed by atoms with Crippen molar-refractivity contribution in [3.8, 4) is 0 Å². The summed E-state index contributed by atoms with van der Waals surface area (Å²) in [6, 6.07) is 0. The van der Waals surface area contributed by atoms with Crippen LogP contribution < -0.4 is 11.1 Å². The van der Waals surface area contributed by atoms with Crippen molar-refractivity contribution in [1.82, 2.24) is 5.32 Å². The largest absolute Gasteiger partial charge is 0.382 e. The summed E-state index contributed by atoms with van der Waals surface area (Å²) >= 11 is 0. The van der Waals surface area contributed by atoms with E-state index in [9.17, 15) is 4.79 Å². The van der Waals surface area contributed by atoms with Crippen LogP contribution in [0.5, 0.6) is 0 Å². The normalized spacial score (nSPS) is 13.4. The van der Waals surface area contributed by atoms with Gasteiger partial charge in [-0.15, -0.1) is 0 Å². The summed E-state index contributed by atoms with van der Waals surface area (Å²) in [5.74, 6) is 0.687. The molecule has 18 heavy (non-hydrogen) atoms. The Hall–Kier alpha value is -0.610. The van der Waals surface area contributed by atoms with Crippen molar-refractivity contribution in [3.63, 3.8) is 0 Å². The Morgan fingerprint density at radius 1 is 1.33 bits per heavy atom. The summed E-state index contributed by atoms with van der Waals surface area (Å²) in [6.45, 7) is 7.35. The first-order valence-corrected chi connectivity index (χ1v) is 6.95. The summed E-state index contributed by atoms with van der Waals surface area (Å²) < 4.78 is 5.08. The van der Waals surface area contributed by atoms with E-state index in [0.717, 1.165) is 25.7 Å². The number of amides is 1. The summed E-state index contributed by atoms with van der Waals surface area (Å²) in [7, 11) is 1.65. The Balaban J connectivity index is 3.99. The van der Waals surface area contributed by atoms with Crippen molar-refractivity contribution < 1.29 is 9.53 Å². The van der Waals surface area contributed by atoms with Crippen LogP contribution in [-0.2, 0) is 9.53 Å². The molecule has 3 N–H and O–H groups in total. The third-order valence-corrected chi connectivity index (χ3v) is 3.03. The number of carbonyl (C=O) groups excluding carboxylic acids is 1. The zero-order valence-corrected chi connectivity index (χ0v) is 12.4. The zero-order valence-electron chi connectivity index (χ0n) is 12.4. The van der Waals surface area contributed by atoms with E-state index in [1.54, 1.807) is 7.11 Å². The van der Waals surface area contributed by atoms with E-state index in [-0.39, 0.29) is 11.4 Å². The highest BCUT2D eigenvalue weighted by Gasteiger charge is 2.20. The Labute approximate surface area is 112 Å². The predicted octanol–water partition coefficient (Wildman–Crippen LogP) is 2.07. The molecule has 0 spiro atoms. The van der Waals surface area contributed by atoms with E-state index < -0.39 is 0 Å². The van der Waals surface area contributed by atoms with Crippen LogP contribution in [0.2, 0.25) is 0 Å². The fourth-order valence-corrected chi connectivity index (χ4v) is 2.25. The number of rotatable bonds is 10. The Morgan fingerprint density at radius 2 is 2.00 bits per heavy atom. The molecule has 0 radical (unpaired) electrons. The van der Waals surface area contributed by atoms with Crippen LogP contribution in [0.1, 0.15) is 52.9 Å². The second-order valence-electron chi connectivity index (χ2n) is 5.64. The maximum Gasteiger partial charge on any atom is 0.220 e. The van der Waals surface area contributed by atoms with Gasteiger partial charge in [-0.1, -0.05) is 19.8 Å². The molecule has 0 aliphatic rings. The first-order valence-electron chi connectivity index (χ1n) is 6.95. The molecule has 0 rings (SSSR count).